The van der Waals surface area contributed by atoms with Gasteiger partial charge in [-0.15, -0.1) is 0 Å². The molecule has 1 aliphatic carbocycles. The number of carboxylic acid groups (broad SMARTS) is 1. The van der Waals surface area contributed by atoms with E-state index in [1.54, 1.807) is 17.9 Å². The van der Waals surface area contributed by atoms with Crippen LogP contribution in [-0.2, 0) is 9.59 Å². The highest BCUT2D eigenvalue weighted by Gasteiger charge is 2.49. The number of hydrogen-bond acceptors (Lipinski definition) is 2. The number of halogens is 1. The third-order valence-electron chi connectivity index (χ3n) is 4.69. The van der Waals surface area contributed by atoms with Gasteiger partial charge in [0, 0.05) is 19.0 Å². The van der Waals surface area contributed by atoms with Gasteiger partial charge in [-0.1, -0.05) is 12.1 Å². The van der Waals surface area contributed by atoms with Gasteiger partial charge in [-0.2, -0.15) is 0 Å². The molecule has 0 bridgehead atoms. The van der Waals surface area contributed by atoms with Crippen LogP contribution < -0.4 is 0 Å². The van der Waals surface area contributed by atoms with Crippen molar-refractivity contribution in [3.8, 4) is 0 Å². The van der Waals surface area contributed by atoms with E-state index in [0.717, 1.165) is 12.0 Å². The van der Waals surface area contributed by atoms with E-state index >= 15 is 0 Å². The molecule has 5 heteroatoms. The maximum atomic E-state index is 13.2. The van der Waals surface area contributed by atoms with Crippen molar-refractivity contribution >= 4 is 11.9 Å². The fourth-order valence-corrected chi connectivity index (χ4v) is 3.13. The molecule has 0 aromatic heterocycles. The maximum Gasteiger partial charge on any atom is 0.311 e. The highest BCUT2D eigenvalue weighted by atomic mass is 19.1. The Morgan fingerprint density at radius 2 is 2.19 bits per heavy atom. The van der Waals surface area contributed by atoms with Gasteiger partial charge in [0.2, 0.25) is 5.91 Å². The third kappa shape index (κ3) is 2.52. The summed E-state index contributed by atoms with van der Waals surface area (Å²) in [6, 6.07) is 6.36. The zero-order valence-corrected chi connectivity index (χ0v) is 11.9. The SMILES string of the molecule is C[C@]1(C(=O)O)CCN(C(=O)[C@H]2C[C@@H]2c2cccc(F)c2)C1. The molecule has 1 saturated carbocycles. The number of amides is 1. The van der Waals surface area contributed by atoms with E-state index in [2.05, 4.69) is 0 Å². The zero-order chi connectivity index (χ0) is 15.2. The maximum absolute atomic E-state index is 13.2. The highest BCUT2D eigenvalue weighted by Crippen LogP contribution is 2.49. The Bertz CT molecular complexity index is 603. The number of hydrogen-bond donors (Lipinski definition) is 1. The Labute approximate surface area is 122 Å². The predicted octanol–water partition coefficient (Wildman–Crippen LogP) is 2.25. The summed E-state index contributed by atoms with van der Waals surface area (Å²) in [5, 5.41) is 9.21. The highest BCUT2D eigenvalue weighted by molar-refractivity contribution is 5.85. The number of rotatable bonds is 3. The van der Waals surface area contributed by atoms with Gasteiger partial charge in [-0.3, -0.25) is 9.59 Å². The van der Waals surface area contributed by atoms with Crippen LogP contribution in [0.15, 0.2) is 24.3 Å². The fourth-order valence-electron chi connectivity index (χ4n) is 3.13. The molecule has 3 rings (SSSR count). The van der Waals surface area contributed by atoms with Gasteiger partial charge in [0.05, 0.1) is 5.41 Å². The second-order valence-electron chi connectivity index (χ2n) is 6.38. The van der Waals surface area contributed by atoms with Gasteiger partial charge in [-0.25, -0.2) is 4.39 Å². The van der Waals surface area contributed by atoms with Crippen LogP contribution in [0.2, 0.25) is 0 Å². The van der Waals surface area contributed by atoms with E-state index in [4.69, 9.17) is 0 Å². The third-order valence-corrected chi connectivity index (χ3v) is 4.69. The second kappa shape index (κ2) is 4.83. The normalized spacial score (nSPS) is 31.2. The first-order valence-corrected chi connectivity index (χ1v) is 7.18. The lowest BCUT2D eigenvalue weighted by atomic mass is 9.90. The molecule has 2 fully saturated rings. The quantitative estimate of drug-likeness (QED) is 0.929. The Morgan fingerprint density at radius 1 is 1.43 bits per heavy atom. The summed E-state index contributed by atoms with van der Waals surface area (Å²) in [5.74, 6) is -1.18. The van der Waals surface area contributed by atoms with Crippen LogP contribution in [0.1, 0.15) is 31.2 Å². The van der Waals surface area contributed by atoms with Crippen molar-refractivity contribution in [2.75, 3.05) is 13.1 Å². The Morgan fingerprint density at radius 3 is 2.81 bits per heavy atom. The zero-order valence-electron chi connectivity index (χ0n) is 11.9. The van der Waals surface area contributed by atoms with Crippen molar-refractivity contribution < 1.29 is 19.1 Å². The van der Waals surface area contributed by atoms with Gasteiger partial charge in [-0.05, 0) is 43.4 Å². The summed E-state index contributed by atoms with van der Waals surface area (Å²) >= 11 is 0. The molecule has 3 atom stereocenters. The van der Waals surface area contributed by atoms with E-state index in [-0.39, 0.29) is 30.1 Å². The molecule has 1 amide bonds. The fraction of sp³-hybridized carbons (Fsp3) is 0.500. The molecule has 1 saturated heterocycles. The molecule has 1 aromatic carbocycles. The lowest BCUT2D eigenvalue weighted by molar-refractivity contribution is -0.147. The lowest BCUT2D eigenvalue weighted by Gasteiger charge is -2.20. The monoisotopic (exact) mass is 291 g/mol. The van der Waals surface area contributed by atoms with E-state index < -0.39 is 11.4 Å². The summed E-state index contributed by atoms with van der Waals surface area (Å²) in [6.07, 6.45) is 1.22. The van der Waals surface area contributed by atoms with Crippen LogP contribution in [0.5, 0.6) is 0 Å². The number of carbonyl (C=O) groups is 2. The summed E-state index contributed by atoms with van der Waals surface area (Å²) in [6.45, 7) is 2.45. The molecule has 21 heavy (non-hydrogen) atoms. The molecule has 1 N–H and O–H groups in total. The number of carbonyl (C=O) groups excluding carboxylic acids is 1. The first-order valence-electron chi connectivity index (χ1n) is 7.18. The minimum atomic E-state index is -0.852. The average Bonchev–Trinajstić information content (AvgIpc) is 3.14. The molecular weight excluding hydrogens is 273 g/mol. The lowest BCUT2D eigenvalue weighted by Crippen LogP contribution is -2.35. The van der Waals surface area contributed by atoms with Crippen LogP contribution in [0.3, 0.4) is 0 Å². The first kappa shape index (κ1) is 14.0. The molecule has 0 radical (unpaired) electrons. The van der Waals surface area contributed by atoms with Crippen LogP contribution in [0, 0.1) is 17.2 Å². The summed E-state index contributed by atoms with van der Waals surface area (Å²) < 4.78 is 13.2. The van der Waals surface area contributed by atoms with Gasteiger partial charge in [0.25, 0.3) is 0 Å². The van der Waals surface area contributed by atoms with E-state index in [1.165, 1.54) is 12.1 Å². The second-order valence-corrected chi connectivity index (χ2v) is 6.38. The first-order chi connectivity index (χ1) is 9.90. The summed E-state index contributed by atoms with van der Waals surface area (Å²) in [5.41, 5.74) is 0.0207. The van der Waals surface area contributed by atoms with Crippen molar-refractivity contribution in [1.29, 1.82) is 0 Å². The smallest absolute Gasteiger partial charge is 0.311 e. The summed E-state index contributed by atoms with van der Waals surface area (Å²) in [7, 11) is 0. The number of carboxylic acids is 1. The topological polar surface area (TPSA) is 57.6 Å². The van der Waals surface area contributed by atoms with Gasteiger partial charge < -0.3 is 10.0 Å². The minimum Gasteiger partial charge on any atom is -0.481 e. The van der Waals surface area contributed by atoms with Gasteiger partial charge in [0.15, 0.2) is 0 Å². The molecule has 4 nitrogen and oxygen atoms in total. The molecule has 112 valence electrons. The Hall–Kier alpha value is -1.91. The van der Waals surface area contributed by atoms with Crippen LogP contribution in [0.25, 0.3) is 0 Å². The molecule has 2 aliphatic rings. The minimum absolute atomic E-state index is 0.00855. The molecule has 1 aliphatic heterocycles. The molecular formula is C16H18FNO3. The van der Waals surface area contributed by atoms with Gasteiger partial charge >= 0.3 is 5.97 Å². The van der Waals surface area contributed by atoms with Crippen molar-refractivity contribution in [3.05, 3.63) is 35.6 Å². The Kier molecular flexibility index (Phi) is 3.23. The molecule has 1 heterocycles. The van der Waals surface area contributed by atoms with Crippen molar-refractivity contribution in [2.45, 2.75) is 25.7 Å². The molecule has 0 unspecified atom stereocenters. The predicted molar refractivity (Wildman–Crippen MR) is 74.2 cm³/mol. The number of likely N-dealkylation sites (tertiary alicyclic amines) is 1. The van der Waals surface area contributed by atoms with E-state index in [9.17, 15) is 19.1 Å². The van der Waals surface area contributed by atoms with E-state index in [1.807, 2.05) is 6.07 Å². The number of benzene rings is 1. The Balaban J connectivity index is 1.65. The van der Waals surface area contributed by atoms with Crippen LogP contribution in [-0.4, -0.2) is 35.0 Å². The number of nitrogens with zero attached hydrogens (tertiary/aromatic N) is 1. The largest absolute Gasteiger partial charge is 0.481 e. The average molecular weight is 291 g/mol. The molecule has 0 spiro atoms. The van der Waals surface area contributed by atoms with Crippen molar-refractivity contribution in [1.82, 2.24) is 4.90 Å². The number of aliphatic carboxylic acids is 1. The van der Waals surface area contributed by atoms with Crippen LogP contribution >= 0.6 is 0 Å². The standard InChI is InChI=1S/C16H18FNO3/c1-16(15(20)21)5-6-18(9-16)14(19)13-8-12(13)10-3-2-4-11(17)7-10/h2-4,7,12-13H,5-6,8-9H2,1H3,(H,20,21)/t12-,13+,16+/m1/s1. The van der Waals surface area contributed by atoms with Gasteiger partial charge in [0.1, 0.15) is 5.82 Å². The summed E-state index contributed by atoms with van der Waals surface area (Å²) in [4.78, 5) is 25.3. The molecule has 1 aromatic rings. The van der Waals surface area contributed by atoms with E-state index in [0.29, 0.717) is 13.0 Å². The van der Waals surface area contributed by atoms with Crippen molar-refractivity contribution in [2.24, 2.45) is 11.3 Å². The van der Waals surface area contributed by atoms with Crippen molar-refractivity contribution in [3.63, 3.8) is 0 Å². The van der Waals surface area contributed by atoms with Crippen LogP contribution in [0.4, 0.5) is 4.39 Å².